The Labute approximate surface area is 213 Å². The molecule has 4 aromatic rings. The van der Waals surface area contributed by atoms with Gasteiger partial charge < -0.3 is 10.1 Å². The van der Waals surface area contributed by atoms with Crippen LogP contribution in [0.2, 0.25) is 0 Å². The van der Waals surface area contributed by atoms with Crippen molar-refractivity contribution in [1.82, 2.24) is 34.5 Å². The lowest BCUT2D eigenvalue weighted by atomic mass is 10.1. The van der Waals surface area contributed by atoms with E-state index < -0.39 is 0 Å². The van der Waals surface area contributed by atoms with E-state index in [-0.39, 0.29) is 17.4 Å². The Bertz CT molecular complexity index is 1450. The highest BCUT2D eigenvalue weighted by atomic mass is 32.2. The Balaban J connectivity index is 1.53. The van der Waals surface area contributed by atoms with Gasteiger partial charge in [0.2, 0.25) is 5.88 Å². The first-order valence-corrected chi connectivity index (χ1v) is 13.0. The fraction of sp³-hybridized carbons (Fsp3) is 0.400. The third-order valence-electron chi connectivity index (χ3n) is 5.92. The van der Waals surface area contributed by atoms with E-state index in [1.807, 2.05) is 32.2 Å². The quantitative estimate of drug-likeness (QED) is 0.331. The molecule has 4 heterocycles. The summed E-state index contributed by atoms with van der Waals surface area (Å²) in [6, 6.07) is 3.84. The molecule has 0 atom stereocenters. The lowest BCUT2D eigenvalue weighted by molar-refractivity contribution is 0.397. The second-order valence-corrected chi connectivity index (χ2v) is 10.2. The Morgan fingerprint density at radius 3 is 2.64 bits per heavy atom. The first-order valence-electron chi connectivity index (χ1n) is 12.0. The number of ether oxygens (including phenoxy) is 1. The molecule has 0 spiro atoms. The number of anilines is 1. The molecule has 1 fully saturated rings. The number of hydrogen-bond acceptors (Lipinski definition) is 10. The molecule has 1 aliphatic rings. The van der Waals surface area contributed by atoms with Gasteiger partial charge in [0.05, 0.1) is 31.2 Å². The van der Waals surface area contributed by atoms with Crippen molar-refractivity contribution in [3.8, 4) is 17.3 Å². The molecule has 1 saturated carbocycles. The van der Waals surface area contributed by atoms with Crippen molar-refractivity contribution >= 4 is 28.7 Å². The molecule has 1 N–H and O–H groups in total. The number of methoxy groups -OCH3 is 1. The highest BCUT2D eigenvalue weighted by Gasteiger charge is 2.31. The van der Waals surface area contributed by atoms with Gasteiger partial charge in [0.1, 0.15) is 17.4 Å². The Morgan fingerprint density at radius 2 is 1.97 bits per heavy atom. The maximum Gasteiger partial charge on any atom is 0.295 e. The molecule has 0 aliphatic heterocycles. The number of nitrogens with one attached hydrogen (secondary N) is 1. The fourth-order valence-electron chi connectivity index (χ4n) is 4.07. The van der Waals surface area contributed by atoms with E-state index in [0.29, 0.717) is 40.9 Å². The van der Waals surface area contributed by atoms with E-state index in [4.69, 9.17) is 9.72 Å². The number of thioether (sulfide) groups is 1. The van der Waals surface area contributed by atoms with Crippen LogP contribution < -0.4 is 15.6 Å². The molecular formula is C25H28N8O2S. The fourth-order valence-corrected chi connectivity index (χ4v) is 4.70. The number of hydrogen-bond donors (Lipinski definition) is 1. The summed E-state index contributed by atoms with van der Waals surface area (Å²) in [5.74, 6) is 2.42. The number of aromatic nitrogens is 7. The summed E-state index contributed by atoms with van der Waals surface area (Å²) >= 11 is 1.74. The Hall–Kier alpha value is -3.60. The molecule has 10 nitrogen and oxygen atoms in total. The Morgan fingerprint density at radius 1 is 1.14 bits per heavy atom. The highest BCUT2D eigenvalue weighted by molar-refractivity contribution is 7.99. The maximum atomic E-state index is 13.4. The summed E-state index contributed by atoms with van der Waals surface area (Å²) in [7, 11) is 1.57. The van der Waals surface area contributed by atoms with Crippen LogP contribution in [0.3, 0.4) is 0 Å². The van der Waals surface area contributed by atoms with Crippen molar-refractivity contribution in [2.24, 2.45) is 0 Å². The number of rotatable bonds is 9. The van der Waals surface area contributed by atoms with Crippen LogP contribution in [-0.2, 0) is 6.54 Å². The summed E-state index contributed by atoms with van der Waals surface area (Å²) in [6.07, 6.45) is 7.11. The van der Waals surface area contributed by atoms with Crippen molar-refractivity contribution < 1.29 is 4.74 Å². The van der Waals surface area contributed by atoms with Gasteiger partial charge in [-0.2, -0.15) is 0 Å². The molecule has 0 radical (unpaired) electrons. The summed E-state index contributed by atoms with van der Waals surface area (Å²) < 4.78 is 7.15. The van der Waals surface area contributed by atoms with Gasteiger partial charge in [0.25, 0.3) is 5.56 Å². The maximum absolute atomic E-state index is 13.4. The van der Waals surface area contributed by atoms with Crippen LogP contribution in [0.4, 0.5) is 5.82 Å². The summed E-state index contributed by atoms with van der Waals surface area (Å²) in [4.78, 5) is 41.7. The van der Waals surface area contributed by atoms with Crippen molar-refractivity contribution in [3.05, 3.63) is 52.6 Å². The number of pyridine rings is 1. The molecule has 0 aromatic carbocycles. The SMILES string of the molecule is CCSc1ccc(CNc2nc3cnc(-c4c(OC)ncnc4C4CC4)nc3n(C(C)C)c2=O)nc1. The lowest BCUT2D eigenvalue weighted by Gasteiger charge is -2.16. The minimum atomic E-state index is -0.251. The molecule has 36 heavy (non-hydrogen) atoms. The third-order valence-corrected chi connectivity index (χ3v) is 6.78. The van der Waals surface area contributed by atoms with Gasteiger partial charge in [-0.15, -0.1) is 11.8 Å². The Kier molecular flexibility index (Phi) is 6.82. The predicted octanol–water partition coefficient (Wildman–Crippen LogP) is 4.23. The largest absolute Gasteiger partial charge is 0.480 e. The molecule has 4 aromatic heterocycles. The molecule has 186 valence electrons. The van der Waals surface area contributed by atoms with Crippen LogP contribution in [0.5, 0.6) is 5.88 Å². The van der Waals surface area contributed by atoms with Crippen molar-refractivity contribution in [2.45, 2.75) is 57.0 Å². The average molecular weight is 505 g/mol. The molecule has 11 heteroatoms. The molecule has 0 saturated heterocycles. The molecule has 0 unspecified atom stereocenters. The van der Waals surface area contributed by atoms with E-state index in [1.165, 1.54) is 6.33 Å². The zero-order valence-electron chi connectivity index (χ0n) is 20.7. The van der Waals surface area contributed by atoms with Crippen LogP contribution in [0.25, 0.3) is 22.6 Å². The van der Waals surface area contributed by atoms with Gasteiger partial charge in [-0.1, -0.05) is 6.92 Å². The molecule has 5 rings (SSSR count). The monoisotopic (exact) mass is 504 g/mol. The van der Waals surface area contributed by atoms with E-state index in [2.05, 4.69) is 37.2 Å². The first kappa shape index (κ1) is 24.1. The smallest absolute Gasteiger partial charge is 0.295 e. The van der Waals surface area contributed by atoms with Gasteiger partial charge >= 0.3 is 0 Å². The van der Waals surface area contributed by atoms with E-state index in [1.54, 1.807) is 29.6 Å². The minimum absolute atomic E-state index is 0.147. The van der Waals surface area contributed by atoms with E-state index in [9.17, 15) is 4.79 Å². The second kappa shape index (κ2) is 10.2. The third kappa shape index (κ3) is 4.75. The van der Waals surface area contributed by atoms with Gasteiger partial charge in [-0.3, -0.25) is 14.3 Å². The number of fused-ring (bicyclic) bond motifs is 1. The summed E-state index contributed by atoms with van der Waals surface area (Å²) in [6.45, 7) is 6.37. The molecule has 1 aliphatic carbocycles. The normalized spacial score (nSPS) is 13.4. The molecular weight excluding hydrogens is 476 g/mol. The lowest BCUT2D eigenvalue weighted by Crippen LogP contribution is -2.27. The van der Waals surface area contributed by atoms with Crippen LogP contribution in [0, 0.1) is 0 Å². The van der Waals surface area contributed by atoms with Crippen LogP contribution in [-0.4, -0.2) is 47.3 Å². The van der Waals surface area contributed by atoms with Gasteiger partial charge in [0.15, 0.2) is 17.3 Å². The zero-order chi connectivity index (χ0) is 25.2. The van der Waals surface area contributed by atoms with Gasteiger partial charge in [0, 0.05) is 23.1 Å². The average Bonchev–Trinajstić information content (AvgIpc) is 3.73. The first-order chi connectivity index (χ1) is 17.5. The zero-order valence-corrected chi connectivity index (χ0v) is 21.5. The predicted molar refractivity (Wildman–Crippen MR) is 139 cm³/mol. The summed E-state index contributed by atoms with van der Waals surface area (Å²) in [5, 5.41) is 3.16. The minimum Gasteiger partial charge on any atom is -0.480 e. The van der Waals surface area contributed by atoms with E-state index >= 15 is 0 Å². The van der Waals surface area contributed by atoms with Crippen molar-refractivity contribution in [1.29, 1.82) is 0 Å². The van der Waals surface area contributed by atoms with Crippen LogP contribution >= 0.6 is 11.8 Å². The van der Waals surface area contributed by atoms with Crippen molar-refractivity contribution in [3.63, 3.8) is 0 Å². The van der Waals surface area contributed by atoms with Gasteiger partial charge in [-0.05, 0) is 44.6 Å². The molecule has 0 amide bonds. The van der Waals surface area contributed by atoms with E-state index in [0.717, 1.165) is 34.9 Å². The van der Waals surface area contributed by atoms with Gasteiger partial charge in [-0.25, -0.2) is 24.9 Å². The van der Waals surface area contributed by atoms with Crippen LogP contribution in [0.1, 0.15) is 57.0 Å². The topological polar surface area (TPSA) is 121 Å². The summed E-state index contributed by atoms with van der Waals surface area (Å²) in [5.41, 5.74) is 3.09. The second-order valence-electron chi connectivity index (χ2n) is 8.82. The standard InChI is InChI=1S/C25H28N8O2S/c1-5-36-17-9-8-16(26-11-17)10-27-22-25(34)33(14(2)3)23-18(31-22)12-28-21(32-23)19-20(15-6-7-15)29-13-30-24(19)35-4/h8-9,11-15H,5-7,10H2,1-4H3,(H,27,31). The number of nitrogens with zero attached hydrogens (tertiary/aromatic N) is 7. The molecule has 0 bridgehead atoms. The highest BCUT2D eigenvalue weighted by Crippen LogP contribution is 2.44. The van der Waals surface area contributed by atoms with Crippen LogP contribution in [0.15, 0.2) is 40.5 Å². The van der Waals surface area contributed by atoms with Crippen molar-refractivity contribution in [2.75, 3.05) is 18.2 Å².